The first-order chi connectivity index (χ1) is 9.04. The molecule has 0 saturated carbocycles. The van der Waals surface area contributed by atoms with Gasteiger partial charge in [-0.3, -0.25) is 0 Å². The molecule has 1 N–H and O–H groups in total. The summed E-state index contributed by atoms with van der Waals surface area (Å²) in [5, 5.41) is 3.94. The lowest BCUT2D eigenvalue weighted by Crippen LogP contribution is -2.09. The molecule has 108 valence electrons. The van der Waals surface area contributed by atoms with Crippen molar-refractivity contribution in [2.24, 2.45) is 5.92 Å². The summed E-state index contributed by atoms with van der Waals surface area (Å²) in [6.45, 7) is 8.44. The van der Waals surface area contributed by atoms with Crippen molar-refractivity contribution in [3.05, 3.63) is 10.6 Å². The van der Waals surface area contributed by atoms with Gasteiger partial charge in [0, 0.05) is 24.6 Å². The quantitative estimate of drug-likeness (QED) is 0.588. The number of aromatic nitrogens is 1. The van der Waals surface area contributed by atoms with Crippen molar-refractivity contribution in [3.8, 4) is 0 Å². The van der Waals surface area contributed by atoms with E-state index in [9.17, 15) is 4.79 Å². The number of aryl methyl sites for hydroxylation is 1. The number of hydrogen-bond donors (Lipinski definition) is 1. The second-order valence-corrected chi connectivity index (χ2v) is 5.87. The van der Waals surface area contributed by atoms with Crippen LogP contribution in [-0.4, -0.2) is 37.8 Å². The van der Waals surface area contributed by atoms with Crippen LogP contribution in [0.2, 0.25) is 0 Å². The van der Waals surface area contributed by atoms with Gasteiger partial charge < -0.3 is 14.8 Å². The molecule has 0 amide bonds. The third-order valence-electron chi connectivity index (χ3n) is 2.37. The monoisotopic (exact) mass is 286 g/mol. The molecule has 0 aromatic carbocycles. The standard InChI is InChI=1S/C13H22N2O3S/c1-9(2)8-18-7-5-6-14-13-15-11(10(3)19-13)12(16)17-4/h9H,5-8H2,1-4H3,(H,14,15). The molecule has 0 bridgehead atoms. The number of nitrogens with one attached hydrogen (secondary N) is 1. The van der Waals surface area contributed by atoms with Crippen LogP contribution in [0.1, 0.15) is 35.6 Å². The Morgan fingerprint density at radius 3 is 2.84 bits per heavy atom. The molecule has 1 aromatic heterocycles. The van der Waals surface area contributed by atoms with Crippen molar-refractivity contribution in [2.75, 3.05) is 32.2 Å². The van der Waals surface area contributed by atoms with Crippen LogP contribution in [0.25, 0.3) is 0 Å². The minimum absolute atomic E-state index is 0.387. The van der Waals surface area contributed by atoms with Gasteiger partial charge in [-0.15, -0.1) is 11.3 Å². The third-order valence-corrected chi connectivity index (χ3v) is 3.30. The Labute approximate surface area is 118 Å². The fraction of sp³-hybridized carbons (Fsp3) is 0.692. The van der Waals surface area contributed by atoms with E-state index >= 15 is 0 Å². The molecular formula is C13H22N2O3S. The average molecular weight is 286 g/mol. The van der Waals surface area contributed by atoms with Crippen molar-refractivity contribution in [1.29, 1.82) is 0 Å². The Morgan fingerprint density at radius 1 is 1.47 bits per heavy atom. The zero-order valence-electron chi connectivity index (χ0n) is 12.0. The van der Waals surface area contributed by atoms with Gasteiger partial charge in [0.1, 0.15) is 0 Å². The number of anilines is 1. The van der Waals surface area contributed by atoms with Crippen LogP contribution in [0.15, 0.2) is 0 Å². The van der Waals surface area contributed by atoms with Gasteiger partial charge >= 0.3 is 5.97 Å². The smallest absolute Gasteiger partial charge is 0.357 e. The number of rotatable bonds is 8. The molecular weight excluding hydrogens is 264 g/mol. The van der Waals surface area contributed by atoms with Gasteiger partial charge in [-0.1, -0.05) is 13.8 Å². The van der Waals surface area contributed by atoms with E-state index in [1.807, 2.05) is 6.92 Å². The molecule has 0 atom stereocenters. The lowest BCUT2D eigenvalue weighted by molar-refractivity contribution is 0.0594. The first-order valence-corrected chi connectivity index (χ1v) is 7.23. The topological polar surface area (TPSA) is 60.5 Å². The van der Waals surface area contributed by atoms with Crippen molar-refractivity contribution in [1.82, 2.24) is 4.98 Å². The number of nitrogens with zero attached hydrogens (tertiary/aromatic N) is 1. The Morgan fingerprint density at radius 2 is 2.21 bits per heavy atom. The molecule has 0 aliphatic heterocycles. The van der Waals surface area contributed by atoms with Gasteiger partial charge in [0.2, 0.25) is 0 Å². The summed E-state index contributed by atoms with van der Waals surface area (Å²) in [7, 11) is 1.36. The molecule has 1 rings (SSSR count). The molecule has 1 heterocycles. The molecule has 0 aliphatic rings. The van der Waals surface area contributed by atoms with Crippen molar-refractivity contribution >= 4 is 22.4 Å². The van der Waals surface area contributed by atoms with Crippen LogP contribution >= 0.6 is 11.3 Å². The third kappa shape index (κ3) is 5.57. The zero-order chi connectivity index (χ0) is 14.3. The summed E-state index contributed by atoms with van der Waals surface area (Å²) in [4.78, 5) is 16.5. The van der Waals surface area contributed by atoms with Gasteiger partial charge in [0.15, 0.2) is 10.8 Å². The van der Waals surface area contributed by atoms with E-state index in [2.05, 4.69) is 28.9 Å². The highest BCUT2D eigenvalue weighted by atomic mass is 32.1. The van der Waals surface area contributed by atoms with E-state index in [4.69, 9.17) is 4.74 Å². The molecule has 0 unspecified atom stereocenters. The molecule has 6 heteroatoms. The molecule has 0 aliphatic carbocycles. The zero-order valence-corrected chi connectivity index (χ0v) is 12.8. The number of carbonyl (C=O) groups is 1. The first-order valence-electron chi connectivity index (χ1n) is 6.42. The van der Waals surface area contributed by atoms with Crippen molar-refractivity contribution in [3.63, 3.8) is 0 Å². The fourth-order valence-corrected chi connectivity index (χ4v) is 2.27. The van der Waals surface area contributed by atoms with E-state index in [0.29, 0.717) is 11.6 Å². The summed E-state index contributed by atoms with van der Waals surface area (Å²) in [5.41, 5.74) is 0.394. The minimum atomic E-state index is -0.387. The largest absolute Gasteiger partial charge is 0.464 e. The second-order valence-electron chi connectivity index (χ2n) is 4.66. The highest BCUT2D eigenvalue weighted by Crippen LogP contribution is 2.22. The van der Waals surface area contributed by atoms with Crippen LogP contribution < -0.4 is 5.32 Å². The predicted octanol–water partition coefficient (Wildman–Crippen LogP) is 2.71. The summed E-state index contributed by atoms with van der Waals surface area (Å²) in [6, 6.07) is 0. The average Bonchev–Trinajstić information content (AvgIpc) is 2.73. The van der Waals surface area contributed by atoms with Crippen LogP contribution in [0, 0.1) is 12.8 Å². The maximum absolute atomic E-state index is 11.4. The van der Waals surface area contributed by atoms with E-state index < -0.39 is 0 Å². The molecule has 5 nitrogen and oxygen atoms in total. The number of thiazole rings is 1. The van der Waals surface area contributed by atoms with Gasteiger partial charge in [-0.05, 0) is 19.3 Å². The molecule has 0 spiro atoms. The highest BCUT2D eigenvalue weighted by molar-refractivity contribution is 7.15. The second kappa shape index (κ2) is 8.12. The molecule has 0 radical (unpaired) electrons. The Hall–Kier alpha value is -1.14. The highest BCUT2D eigenvalue weighted by Gasteiger charge is 2.15. The minimum Gasteiger partial charge on any atom is -0.464 e. The summed E-state index contributed by atoms with van der Waals surface area (Å²) in [5.74, 6) is 0.180. The van der Waals surface area contributed by atoms with Gasteiger partial charge in [-0.2, -0.15) is 0 Å². The normalized spacial score (nSPS) is 10.8. The number of esters is 1. The lowest BCUT2D eigenvalue weighted by atomic mass is 10.2. The number of ether oxygens (including phenoxy) is 2. The van der Waals surface area contributed by atoms with Gasteiger partial charge in [0.25, 0.3) is 0 Å². The van der Waals surface area contributed by atoms with E-state index in [1.54, 1.807) is 0 Å². The Balaban J connectivity index is 2.28. The first kappa shape index (κ1) is 15.9. The van der Waals surface area contributed by atoms with Crippen LogP contribution in [0.3, 0.4) is 0 Å². The fourth-order valence-electron chi connectivity index (χ4n) is 1.45. The number of methoxy groups -OCH3 is 1. The summed E-state index contributed by atoms with van der Waals surface area (Å²) in [6.07, 6.45) is 0.916. The summed E-state index contributed by atoms with van der Waals surface area (Å²) < 4.78 is 10.2. The van der Waals surface area contributed by atoms with E-state index in [1.165, 1.54) is 18.4 Å². The number of hydrogen-bond acceptors (Lipinski definition) is 6. The Kier molecular flexibility index (Phi) is 6.80. The Bertz CT molecular complexity index is 405. The van der Waals surface area contributed by atoms with Crippen LogP contribution in [0.4, 0.5) is 5.13 Å². The SMILES string of the molecule is COC(=O)c1nc(NCCCOCC(C)C)sc1C. The predicted molar refractivity (Wildman–Crippen MR) is 77.0 cm³/mol. The van der Waals surface area contributed by atoms with Crippen LogP contribution in [-0.2, 0) is 9.47 Å². The maximum atomic E-state index is 11.4. The maximum Gasteiger partial charge on any atom is 0.357 e. The molecule has 19 heavy (non-hydrogen) atoms. The molecule has 0 saturated heterocycles. The van der Waals surface area contributed by atoms with Crippen molar-refractivity contribution in [2.45, 2.75) is 27.2 Å². The van der Waals surface area contributed by atoms with Crippen LogP contribution in [0.5, 0.6) is 0 Å². The van der Waals surface area contributed by atoms with Gasteiger partial charge in [-0.25, -0.2) is 9.78 Å². The number of carbonyl (C=O) groups excluding carboxylic acids is 1. The van der Waals surface area contributed by atoms with Gasteiger partial charge in [0.05, 0.1) is 7.11 Å². The lowest BCUT2D eigenvalue weighted by Gasteiger charge is -2.06. The molecule has 0 fully saturated rings. The van der Waals surface area contributed by atoms with E-state index in [-0.39, 0.29) is 5.97 Å². The molecule has 1 aromatic rings. The summed E-state index contributed by atoms with van der Waals surface area (Å²) >= 11 is 1.46. The van der Waals surface area contributed by atoms with Crippen molar-refractivity contribution < 1.29 is 14.3 Å². The van der Waals surface area contributed by atoms with E-state index in [0.717, 1.165) is 36.2 Å².